The maximum atomic E-state index is 15.5. The molecule has 1 saturated heterocycles. The Kier molecular flexibility index (Phi) is 11.8. The van der Waals surface area contributed by atoms with Gasteiger partial charge in [0.1, 0.15) is 23.9 Å². The summed E-state index contributed by atoms with van der Waals surface area (Å²) in [5.41, 5.74) is -6.79. The average Bonchev–Trinajstić information content (AvgIpc) is 3.22. The fraction of sp³-hybridized carbons (Fsp3) is 0.447. The van der Waals surface area contributed by atoms with Crippen LogP contribution in [0.15, 0.2) is 102 Å². The first-order valence-electron chi connectivity index (χ1n) is 20.5. The summed E-state index contributed by atoms with van der Waals surface area (Å²) in [7, 11) is 0. The number of carbonyl (C=O) groups excluding carboxylic acids is 6. The van der Waals surface area contributed by atoms with E-state index in [0.717, 1.165) is 13.8 Å². The van der Waals surface area contributed by atoms with Crippen molar-refractivity contribution in [3.63, 3.8) is 0 Å². The third-order valence-electron chi connectivity index (χ3n) is 13.3. The van der Waals surface area contributed by atoms with Gasteiger partial charge < -0.3 is 44.3 Å². The zero-order chi connectivity index (χ0) is 44.9. The van der Waals surface area contributed by atoms with Crippen molar-refractivity contribution in [2.75, 3.05) is 6.61 Å². The van der Waals surface area contributed by atoms with E-state index < -0.39 is 113 Å². The van der Waals surface area contributed by atoms with Gasteiger partial charge in [-0.2, -0.15) is 0 Å². The Hall–Kier alpha value is -5.74. The minimum Gasteiger partial charge on any atom is -0.456 e. The first-order chi connectivity index (χ1) is 29.3. The second-order valence-corrected chi connectivity index (χ2v) is 17.4. The quantitative estimate of drug-likeness (QED) is 0.130. The van der Waals surface area contributed by atoms with Gasteiger partial charge >= 0.3 is 23.9 Å². The van der Waals surface area contributed by atoms with Crippen molar-refractivity contribution < 1.29 is 67.8 Å². The highest BCUT2D eigenvalue weighted by molar-refractivity contribution is 5.96. The van der Waals surface area contributed by atoms with E-state index in [1.165, 1.54) is 26.0 Å². The number of amides is 1. The Morgan fingerprint density at radius 1 is 0.806 bits per heavy atom. The third-order valence-corrected chi connectivity index (χ3v) is 13.3. The van der Waals surface area contributed by atoms with Crippen LogP contribution in [0.5, 0.6) is 0 Å². The van der Waals surface area contributed by atoms with E-state index in [4.69, 9.17) is 23.7 Å². The van der Waals surface area contributed by atoms with Gasteiger partial charge in [0.15, 0.2) is 23.6 Å². The number of hydrogen-bond donors (Lipinski definition) is 4. The van der Waals surface area contributed by atoms with Crippen LogP contribution in [-0.2, 0) is 42.9 Å². The smallest absolute Gasteiger partial charge is 0.338 e. The van der Waals surface area contributed by atoms with Crippen molar-refractivity contribution in [2.45, 2.75) is 108 Å². The molecule has 0 spiro atoms. The Morgan fingerprint density at radius 3 is 1.94 bits per heavy atom. The van der Waals surface area contributed by atoms with Gasteiger partial charge in [0.2, 0.25) is 0 Å². The van der Waals surface area contributed by atoms with E-state index >= 15 is 4.79 Å². The van der Waals surface area contributed by atoms with Crippen LogP contribution in [0.2, 0.25) is 0 Å². The number of esters is 4. The fourth-order valence-corrected chi connectivity index (χ4v) is 10.3. The molecule has 2 saturated carbocycles. The van der Waals surface area contributed by atoms with Gasteiger partial charge in [0.05, 0.1) is 30.2 Å². The molecule has 4 aliphatic rings. The van der Waals surface area contributed by atoms with Crippen LogP contribution >= 0.6 is 0 Å². The predicted octanol–water partition coefficient (Wildman–Crippen LogP) is 3.74. The Labute approximate surface area is 358 Å². The highest BCUT2D eigenvalue weighted by Crippen LogP contribution is 2.64. The molecular weight excluding hydrogens is 803 g/mol. The monoisotopic (exact) mass is 853 g/mol. The summed E-state index contributed by atoms with van der Waals surface area (Å²) in [5.74, 6) is -6.64. The summed E-state index contributed by atoms with van der Waals surface area (Å²) in [4.78, 5) is 83.4. The lowest BCUT2D eigenvalue weighted by Crippen LogP contribution is -2.82. The molecule has 2 bridgehead atoms. The molecule has 7 rings (SSSR count). The number of carbonyl (C=O) groups is 6. The van der Waals surface area contributed by atoms with Crippen molar-refractivity contribution in [3.05, 3.63) is 119 Å². The van der Waals surface area contributed by atoms with Crippen molar-refractivity contribution in [3.8, 4) is 0 Å². The first-order valence-corrected chi connectivity index (χ1v) is 20.5. The van der Waals surface area contributed by atoms with Crippen LogP contribution in [0.4, 0.5) is 0 Å². The lowest BCUT2D eigenvalue weighted by atomic mass is 9.45. The second kappa shape index (κ2) is 16.5. The number of nitrogens with one attached hydrogen (secondary N) is 1. The van der Waals surface area contributed by atoms with Crippen LogP contribution in [0.1, 0.15) is 86.7 Å². The molecule has 3 aliphatic carbocycles. The molecule has 328 valence electrons. The van der Waals surface area contributed by atoms with Crippen LogP contribution in [0.25, 0.3) is 0 Å². The van der Waals surface area contributed by atoms with Crippen molar-refractivity contribution in [1.29, 1.82) is 0 Å². The largest absolute Gasteiger partial charge is 0.456 e. The van der Waals surface area contributed by atoms with Gasteiger partial charge in [-0.05, 0) is 54.3 Å². The molecular formula is C47H51NO14. The average molecular weight is 854 g/mol. The number of ketones is 1. The van der Waals surface area contributed by atoms with E-state index in [0.29, 0.717) is 5.56 Å². The summed E-state index contributed by atoms with van der Waals surface area (Å²) < 4.78 is 30.2. The molecule has 15 heteroatoms. The zero-order valence-corrected chi connectivity index (χ0v) is 35.2. The van der Waals surface area contributed by atoms with E-state index in [-0.39, 0.29) is 35.3 Å². The lowest BCUT2D eigenvalue weighted by molar-refractivity contribution is -0.352. The van der Waals surface area contributed by atoms with Crippen LogP contribution in [-0.4, -0.2) is 105 Å². The zero-order valence-electron chi connectivity index (χ0n) is 35.2. The molecule has 11 atom stereocenters. The third kappa shape index (κ3) is 7.40. The number of ether oxygens (including phenoxy) is 5. The fourth-order valence-electron chi connectivity index (χ4n) is 10.3. The van der Waals surface area contributed by atoms with Crippen molar-refractivity contribution in [2.24, 2.45) is 16.7 Å². The van der Waals surface area contributed by atoms with Crippen LogP contribution in [0.3, 0.4) is 0 Å². The minimum absolute atomic E-state index is 0.0270. The van der Waals surface area contributed by atoms with Crippen LogP contribution in [0, 0.1) is 16.7 Å². The SMILES string of the molecule is CC(=O)O[C@H]1C(=O)[C@]2(C)C[C@@H](O)[C@H]3OC[C@@]3(OC(C)=O)C2C(OC(=O)c2ccccc2)[C@]2(O)C[C@H](OC(=O)[C@H](O)[C@@H](NC(=O)c3ccccc3)c3ccccc3)C(C)=C1C2(C)C. The summed E-state index contributed by atoms with van der Waals surface area (Å²) in [6, 6.07) is 23.0. The van der Waals surface area contributed by atoms with Gasteiger partial charge in [-0.15, -0.1) is 0 Å². The topological polar surface area (TPSA) is 221 Å². The molecule has 1 heterocycles. The molecule has 1 amide bonds. The number of benzene rings is 3. The Balaban J connectivity index is 1.38. The molecule has 0 radical (unpaired) electrons. The molecule has 1 aliphatic heterocycles. The van der Waals surface area contributed by atoms with E-state index in [2.05, 4.69) is 5.32 Å². The molecule has 3 aromatic carbocycles. The van der Waals surface area contributed by atoms with E-state index in [9.17, 15) is 39.3 Å². The molecule has 62 heavy (non-hydrogen) atoms. The number of hydrogen-bond acceptors (Lipinski definition) is 14. The van der Waals surface area contributed by atoms with Gasteiger partial charge in [-0.1, -0.05) is 87.5 Å². The highest BCUT2D eigenvalue weighted by Gasteiger charge is 2.78. The summed E-state index contributed by atoms with van der Waals surface area (Å²) in [6.45, 7) is 8.04. The standard InChI is InChI=1S/C47H51NO14/c1-25-32(60-43(56)35(52)34(28-16-10-7-11-17-28)48-41(54)29-18-12-8-13-19-29)23-47(57)40(61-42(55)30-20-14-9-15-21-30)37-45(6,22-31(51)39-46(37,24-58-39)62-27(3)50)38(53)36(59-26(2)49)33(25)44(47,4)5/h7-21,31-32,34-37,39-40,51-52,57H,22-24H2,1-6H3,(H,48,54)/t31-,32+,34+,35-,36-,37?,39-,40?,45-,46-,47-/m1/s1. The molecule has 2 unspecified atom stereocenters. The normalized spacial score (nSPS) is 31.9. The lowest BCUT2D eigenvalue weighted by Gasteiger charge is -2.67. The second-order valence-electron chi connectivity index (χ2n) is 17.4. The van der Waals surface area contributed by atoms with E-state index in [1.54, 1.807) is 92.7 Å². The maximum Gasteiger partial charge on any atom is 0.338 e. The Bertz CT molecular complexity index is 2280. The number of aliphatic hydroxyl groups excluding tert-OH is 2. The highest BCUT2D eigenvalue weighted by atomic mass is 16.6. The molecule has 3 fully saturated rings. The van der Waals surface area contributed by atoms with Crippen molar-refractivity contribution >= 4 is 35.6 Å². The molecule has 4 N–H and O–H groups in total. The summed E-state index contributed by atoms with van der Waals surface area (Å²) >= 11 is 0. The number of rotatable bonds is 10. The molecule has 0 aromatic heterocycles. The summed E-state index contributed by atoms with van der Waals surface area (Å²) in [5, 5.41) is 39.8. The van der Waals surface area contributed by atoms with Gasteiger partial charge in [0.25, 0.3) is 5.91 Å². The Morgan fingerprint density at radius 2 is 1.39 bits per heavy atom. The number of aliphatic hydroxyl groups is 3. The van der Waals surface area contributed by atoms with E-state index in [1.807, 2.05) is 0 Å². The maximum absolute atomic E-state index is 15.5. The first kappa shape index (κ1) is 44.3. The van der Waals surface area contributed by atoms with Gasteiger partial charge in [-0.3, -0.25) is 19.2 Å². The van der Waals surface area contributed by atoms with Gasteiger partial charge in [-0.25, -0.2) is 9.59 Å². The number of Topliss-reactive ketones (excluding diaryl/α,β-unsaturated/α-hetero) is 1. The number of fused-ring (bicyclic) bond motifs is 5. The van der Waals surface area contributed by atoms with Gasteiger partial charge in [0, 0.05) is 36.7 Å². The van der Waals surface area contributed by atoms with Crippen molar-refractivity contribution in [1.82, 2.24) is 5.32 Å². The molecule has 15 nitrogen and oxygen atoms in total. The summed E-state index contributed by atoms with van der Waals surface area (Å²) in [6.07, 6.45) is -10.5. The van der Waals surface area contributed by atoms with Crippen LogP contribution < -0.4 is 5.32 Å². The molecule has 3 aromatic rings. The minimum atomic E-state index is -2.36. The predicted molar refractivity (Wildman–Crippen MR) is 218 cm³/mol.